The molecule has 0 radical (unpaired) electrons. The van der Waals surface area contributed by atoms with Crippen LogP contribution in [0.4, 0.5) is 0 Å². The molecule has 2 atom stereocenters. The van der Waals surface area contributed by atoms with Crippen molar-refractivity contribution in [2.45, 2.75) is 69.6 Å². The number of hydrogen-bond donors (Lipinski definition) is 2. The van der Waals surface area contributed by atoms with Crippen LogP contribution >= 0.6 is 0 Å². The highest BCUT2D eigenvalue weighted by molar-refractivity contribution is 7.87. The van der Waals surface area contributed by atoms with Crippen LogP contribution in [0.1, 0.15) is 58.3 Å². The van der Waals surface area contributed by atoms with Gasteiger partial charge in [0, 0.05) is 0 Å². The molecule has 0 aliphatic carbocycles. The monoisotopic (exact) mass is 430 g/mol. The lowest BCUT2D eigenvalue weighted by atomic mass is 10.1. The maximum Gasteiger partial charge on any atom is 0.327 e. The molecule has 0 amide bonds. The largest absolute Gasteiger partial charge is 0.487 e. The van der Waals surface area contributed by atoms with Crippen molar-refractivity contribution in [2.24, 2.45) is 0 Å². The maximum atomic E-state index is 12.1. The van der Waals surface area contributed by atoms with Crippen molar-refractivity contribution in [2.75, 3.05) is 6.61 Å². The number of aliphatic carboxylic acids is 1. The number of rotatable bonds is 15. The van der Waals surface area contributed by atoms with E-state index in [4.69, 9.17) is 19.1 Å². The van der Waals surface area contributed by atoms with E-state index in [2.05, 4.69) is 6.92 Å². The number of esters is 1. The van der Waals surface area contributed by atoms with E-state index in [0.717, 1.165) is 32.1 Å². The molecule has 1 rings (SSSR count). The van der Waals surface area contributed by atoms with Gasteiger partial charge in [0.25, 0.3) is 10.1 Å². The topological polar surface area (TPSA) is 127 Å². The predicted octanol–water partition coefficient (Wildman–Crippen LogP) is 3.46. The first kappa shape index (κ1) is 24.9. The Kier molecular flexibility index (Phi) is 11.3. The number of carbonyl (C=O) groups excluding carboxylic acids is 1. The summed E-state index contributed by atoms with van der Waals surface area (Å²) in [5.41, 5.74) is 0. The molecule has 0 aliphatic rings. The summed E-state index contributed by atoms with van der Waals surface area (Å²) in [6, 6.07) is 8.93. The number of unbranched alkanes of at least 4 members (excludes halogenated alkanes) is 5. The summed E-state index contributed by atoms with van der Waals surface area (Å²) in [5, 5.41) is 6.60. The van der Waals surface area contributed by atoms with Crippen molar-refractivity contribution in [3.63, 3.8) is 0 Å². The van der Waals surface area contributed by atoms with Gasteiger partial charge in [-0.3, -0.25) is 14.1 Å². The summed E-state index contributed by atoms with van der Waals surface area (Å²) in [6.07, 6.45) is 5.42. The minimum Gasteiger partial charge on any atom is -0.487 e. The zero-order chi connectivity index (χ0) is 21.7. The summed E-state index contributed by atoms with van der Waals surface area (Å²) in [7, 11) is -4.89. The number of benzene rings is 1. The standard InChI is InChI=1S/C20H30O8S/c1-2-3-4-5-6-8-13-17(28-16-11-9-7-10-12-16)15-27-20(23)18(14-19(21)22)29(24,25)26/h7,9-12,17-18H,2-6,8,13-15H2,1H3,(H,21,22)(H,24,25,26). The van der Waals surface area contributed by atoms with Gasteiger partial charge < -0.3 is 14.6 Å². The highest BCUT2D eigenvalue weighted by Crippen LogP contribution is 2.17. The molecule has 0 aliphatic heterocycles. The molecular weight excluding hydrogens is 400 g/mol. The van der Waals surface area contributed by atoms with E-state index in [1.54, 1.807) is 24.3 Å². The molecule has 9 heteroatoms. The van der Waals surface area contributed by atoms with Crippen molar-refractivity contribution in [3.05, 3.63) is 30.3 Å². The van der Waals surface area contributed by atoms with Crippen LogP contribution in [0.25, 0.3) is 0 Å². The van der Waals surface area contributed by atoms with Crippen LogP contribution in [0, 0.1) is 0 Å². The molecule has 29 heavy (non-hydrogen) atoms. The van der Waals surface area contributed by atoms with Crippen molar-refractivity contribution < 1.29 is 37.1 Å². The molecule has 164 valence electrons. The third kappa shape index (κ3) is 10.8. The fraction of sp³-hybridized carbons (Fsp3) is 0.600. The first-order valence-electron chi connectivity index (χ1n) is 9.80. The van der Waals surface area contributed by atoms with Gasteiger partial charge in [-0.1, -0.05) is 57.2 Å². The minimum atomic E-state index is -4.89. The van der Waals surface area contributed by atoms with E-state index >= 15 is 0 Å². The van der Waals surface area contributed by atoms with Gasteiger partial charge in [0.2, 0.25) is 0 Å². The van der Waals surface area contributed by atoms with E-state index in [9.17, 15) is 18.0 Å². The second kappa shape index (κ2) is 13.2. The Morgan fingerprint density at radius 3 is 2.24 bits per heavy atom. The lowest BCUT2D eigenvalue weighted by Crippen LogP contribution is -2.36. The van der Waals surface area contributed by atoms with E-state index < -0.39 is 39.8 Å². The molecule has 0 aromatic heterocycles. The van der Waals surface area contributed by atoms with Gasteiger partial charge in [0.1, 0.15) is 18.5 Å². The Labute approximate surface area is 172 Å². The summed E-state index contributed by atoms with van der Waals surface area (Å²) in [6.45, 7) is 1.90. The highest BCUT2D eigenvalue weighted by atomic mass is 32.2. The number of carbonyl (C=O) groups is 2. The van der Waals surface area contributed by atoms with Crippen LogP contribution in [-0.2, 0) is 24.4 Å². The smallest absolute Gasteiger partial charge is 0.327 e. The van der Waals surface area contributed by atoms with Gasteiger partial charge >= 0.3 is 11.9 Å². The molecule has 1 aromatic carbocycles. The molecule has 2 unspecified atom stereocenters. The lowest BCUT2D eigenvalue weighted by Gasteiger charge is -2.20. The Morgan fingerprint density at radius 1 is 1.03 bits per heavy atom. The predicted molar refractivity (Wildman–Crippen MR) is 107 cm³/mol. The van der Waals surface area contributed by atoms with Crippen molar-refractivity contribution >= 4 is 22.1 Å². The van der Waals surface area contributed by atoms with E-state index in [1.807, 2.05) is 6.07 Å². The second-order valence-electron chi connectivity index (χ2n) is 6.84. The minimum absolute atomic E-state index is 0.242. The van der Waals surface area contributed by atoms with Gasteiger partial charge in [-0.2, -0.15) is 8.42 Å². The van der Waals surface area contributed by atoms with Crippen molar-refractivity contribution in [1.82, 2.24) is 0 Å². The fourth-order valence-electron chi connectivity index (χ4n) is 2.76. The Bertz CT molecular complexity index is 717. The fourth-order valence-corrected chi connectivity index (χ4v) is 3.42. The zero-order valence-corrected chi connectivity index (χ0v) is 17.5. The second-order valence-corrected chi connectivity index (χ2v) is 8.44. The van der Waals surface area contributed by atoms with Crippen LogP contribution in [0.5, 0.6) is 5.75 Å². The Morgan fingerprint density at radius 2 is 1.66 bits per heavy atom. The number of carboxylic acid groups (broad SMARTS) is 1. The average Bonchev–Trinajstić information content (AvgIpc) is 2.66. The first-order valence-corrected chi connectivity index (χ1v) is 11.3. The van der Waals surface area contributed by atoms with E-state index in [1.165, 1.54) is 6.42 Å². The highest BCUT2D eigenvalue weighted by Gasteiger charge is 2.35. The normalized spacial score (nSPS) is 13.4. The van der Waals surface area contributed by atoms with Crippen LogP contribution in [0.15, 0.2) is 30.3 Å². The van der Waals surface area contributed by atoms with Crippen molar-refractivity contribution in [1.29, 1.82) is 0 Å². The molecule has 8 nitrogen and oxygen atoms in total. The Balaban J connectivity index is 2.66. The van der Waals surface area contributed by atoms with Crippen LogP contribution in [-0.4, -0.2) is 48.0 Å². The molecule has 0 heterocycles. The van der Waals surface area contributed by atoms with Crippen LogP contribution in [0.3, 0.4) is 0 Å². The maximum absolute atomic E-state index is 12.1. The summed E-state index contributed by atoms with van der Waals surface area (Å²) < 4.78 is 42.5. The van der Waals surface area contributed by atoms with Gasteiger partial charge in [0.05, 0.1) is 6.42 Å². The first-order chi connectivity index (χ1) is 13.7. The molecule has 0 saturated carbocycles. The number of ether oxygens (including phenoxy) is 2. The zero-order valence-electron chi connectivity index (χ0n) is 16.7. The van der Waals surface area contributed by atoms with Crippen molar-refractivity contribution in [3.8, 4) is 5.75 Å². The number of para-hydroxylation sites is 1. The number of hydrogen-bond acceptors (Lipinski definition) is 6. The molecule has 0 bridgehead atoms. The molecule has 0 saturated heterocycles. The van der Waals surface area contributed by atoms with Crippen LogP contribution < -0.4 is 4.74 Å². The third-order valence-corrected chi connectivity index (χ3v) is 5.40. The summed E-state index contributed by atoms with van der Waals surface area (Å²) >= 11 is 0. The van der Waals surface area contributed by atoms with Gasteiger partial charge in [-0.05, 0) is 25.0 Å². The lowest BCUT2D eigenvalue weighted by molar-refractivity contribution is -0.149. The molecule has 0 fully saturated rings. The van der Waals surface area contributed by atoms with Gasteiger partial charge in [-0.15, -0.1) is 0 Å². The average molecular weight is 431 g/mol. The SMILES string of the molecule is CCCCCCCCC(COC(=O)C(CC(=O)O)S(=O)(=O)O)Oc1ccccc1. The van der Waals surface area contributed by atoms with E-state index in [-0.39, 0.29) is 6.61 Å². The van der Waals surface area contributed by atoms with Crippen LogP contribution in [0.2, 0.25) is 0 Å². The molecule has 2 N–H and O–H groups in total. The quantitative estimate of drug-likeness (QED) is 0.246. The van der Waals surface area contributed by atoms with Gasteiger partial charge in [0.15, 0.2) is 5.25 Å². The van der Waals surface area contributed by atoms with E-state index in [0.29, 0.717) is 12.2 Å². The molecule has 0 spiro atoms. The number of carboxylic acids is 1. The molecular formula is C20H30O8S. The third-order valence-electron chi connectivity index (χ3n) is 4.32. The molecule has 1 aromatic rings. The summed E-state index contributed by atoms with van der Waals surface area (Å²) in [4.78, 5) is 22.8. The Hall–Kier alpha value is -2.13. The van der Waals surface area contributed by atoms with Gasteiger partial charge in [-0.25, -0.2) is 0 Å². The summed E-state index contributed by atoms with van der Waals surface area (Å²) in [5.74, 6) is -2.26.